The predicted molar refractivity (Wildman–Crippen MR) is 111 cm³/mol. The molecule has 0 radical (unpaired) electrons. The fraction of sp³-hybridized carbons (Fsp3) is 0.400. The molecule has 3 rings (SSSR count). The number of rotatable bonds is 8. The molecular weight excluding hydrogens is 422 g/mol. The van der Waals surface area contributed by atoms with Gasteiger partial charge in [0.05, 0.1) is 22.8 Å². The average Bonchev–Trinajstić information content (AvgIpc) is 2.78. The van der Waals surface area contributed by atoms with Crippen molar-refractivity contribution < 1.29 is 23.2 Å². The zero-order valence-corrected chi connectivity index (χ0v) is 17.9. The van der Waals surface area contributed by atoms with Gasteiger partial charge in [-0.1, -0.05) is 19.8 Å². The number of hydroxylamine groups is 1. The normalized spacial score (nSPS) is 16.4. The lowest BCUT2D eigenvalue weighted by Crippen LogP contribution is -2.52. The van der Waals surface area contributed by atoms with E-state index in [0.717, 1.165) is 23.6 Å². The number of sulfonamides is 1. The minimum absolute atomic E-state index is 0.0132. The van der Waals surface area contributed by atoms with Crippen LogP contribution in [-0.2, 0) is 32.6 Å². The first-order valence-corrected chi connectivity index (χ1v) is 11.4. The Hall–Kier alpha value is -2.89. The molecule has 2 aromatic rings. The third-order valence-electron chi connectivity index (χ3n) is 5.07. The standard InChI is InChI=1S/C20H25N5O5S/c1-2-3-4-5-19(26)23-14-6-8-15(9-7-14)31(29,30)25-13-17-16(21-10-11-22-17)12-18(25)20(27)24-28/h6-11,18,28H,2-5,12-13H2,1H3,(H,23,26)(H,24,27)/t18-/m1/s1. The number of nitrogens with zero attached hydrogens (tertiary/aromatic N) is 3. The van der Waals surface area contributed by atoms with E-state index in [0.29, 0.717) is 23.5 Å². The Bertz CT molecular complexity index is 1040. The van der Waals surface area contributed by atoms with E-state index in [-0.39, 0.29) is 23.8 Å². The molecule has 0 saturated carbocycles. The molecule has 0 spiro atoms. The summed E-state index contributed by atoms with van der Waals surface area (Å²) in [5, 5.41) is 11.8. The van der Waals surface area contributed by atoms with Crippen molar-refractivity contribution in [2.45, 2.75) is 56.5 Å². The summed E-state index contributed by atoms with van der Waals surface area (Å²) in [4.78, 5) is 32.4. The summed E-state index contributed by atoms with van der Waals surface area (Å²) in [7, 11) is -4.09. The summed E-state index contributed by atoms with van der Waals surface area (Å²) in [6, 6.07) is 4.58. The van der Waals surface area contributed by atoms with E-state index in [4.69, 9.17) is 5.21 Å². The van der Waals surface area contributed by atoms with E-state index in [9.17, 15) is 18.0 Å². The molecule has 1 atom stereocenters. The molecule has 0 fully saturated rings. The van der Waals surface area contributed by atoms with Gasteiger partial charge in [-0.05, 0) is 30.7 Å². The van der Waals surface area contributed by atoms with Crippen molar-refractivity contribution in [1.29, 1.82) is 0 Å². The first kappa shape index (κ1) is 22.8. The Labute approximate surface area is 180 Å². The minimum Gasteiger partial charge on any atom is -0.326 e. The average molecular weight is 448 g/mol. The van der Waals surface area contributed by atoms with Crippen molar-refractivity contribution in [2.24, 2.45) is 0 Å². The van der Waals surface area contributed by atoms with Crippen molar-refractivity contribution in [2.75, 3.05) is 5.32 Å². The van der Waals surface area contributed by atoms with Crippen molar-refractivity contribution in [3.05, 3.63) is 48.0 Å². The zero-order chi connectivity index (χ0) is 22.4. The van der Waals surface area contributed by atoms with Crippen LogP contribution in [0.15, 0.2) is 41.6 Å². The maximum atomic E-state index is 13.3. The van der Waals surface area contributed by atoms with E-state index in [1.54, 1.807) is 0 Å². The van der Waals surface area contributed by atoms with Crippen LogP contribution < -0.4 is 10.8 Å². The SMILES string of the molecule is CCCCCC(=O)Nc1ccc(S(=O)(=O)N2Cc3nccnc3C[C@@H]2C(=O)NO)cc1. The van der Waals surface area contributed by atoms with Gasteiger partial charge in [0.25, 0.3) is 5.91 Å². The van der Waals surface area contributed by atoms with E-state index < -0.39 is 22.0 Å². The predicted octanol–water partition coefficient (Wildman–Crippen LogP) is 1.62. The Morgan fingerprint density at radius 3 is 2.45 bits per heavy atom. The quantitative estimate of drug-likeness (QED) is 0.317. The Morgan fingerprint density at radius 1 is 1.13 bits per heavy atom. The first-order valence-electron chi connectivity index (χ1n) is 10.0. The second-order valence-electron chi connectivity index (χ2n) is 7.23. The summed E-state index contributed by atoms with van der Waals surface area (Å²) >= 11 is 0. The largest absolute Gasteiger partial charge is 0.326 e. The number of hydrogen-bond donors (Lipinski definition) is 3. The molecule has 3 N–H and O–H groups in total. The van der Waals surface area contributed by atoms with E-state index >= 15 is 0 Å². The topological polar surface area (TPSA) is 142 Å². The van der Waals surface area contributed by atoms with Crippen molar-refractivity contribution >= 4 is 27.5 Å². The van der Waals surface area contributed by atoms with Gasteiger partial charge in [0.2, 0.25) is 15.9 Å². The van der Waals surface area contributed by atoms with Gasteiger partial charge in [0.1, 0.15) is 6.04 Å². The number of aromatic nitrogens is 2. The molecule has 0 bridgehead atoms. The van der Waals surface area contributed by atoms with Crippen LogP contribution in [0, 0.1) is 0 Å². The highest BCUT2D eigenvalue weighted by Gasteiger charge is 2.40. The molecule has 0 unspecified atom stereocenters. The van der Waals surface area contributed by atoms with Gasteiger partial charge in [0, 0.05) is 30.9 Å². The van der Waals surface area contributed by atoms with Crippen LogP contribution in [0.2, 0.25) is 0 Å². The fourth-order valence-electron chi connectivity index (χ4n) is 3.40. The van der Waals surface area contributed by atoms with E-state index in [2.05, 4.69) is 22.2 Å². The van der Waals surface area contributed by atoms with Gasteiger partial charge in [0.15, 0.2) is 0 Å². The van der Waals surface area contributed by atoms with Crippen LogP contribution in [0.25, 0.3) is 0 Å². The van der Waals surface area contributed by atoms with Crippen LogP contribution in [0.5, 0.6) is 0 Å². The number of carbonyl (C=O) groups excluding carboxylic acids is 2. The molecule has 2 heterocycles. The number of benzene rings is 1. The highest BCUT2D eigenvalue weighted by molar-refractivity contribution is 7.89. The van der Waals surface area contributed by atoms with Crippen LogP contribution in [0.1, 0.15) is 44.0 Å². The number of unbranched alkanes of at least 4 members (excludes halogenated alkanes) is 2. The summed E-state index contributed by atoms with van der Waals surface area (Å²) in [5.74, 6) is -0.981. The molecule has 1 aliphatic heterocycles. The number of amides is 2. The van der Waals surface area contributed by atoms with Gasteiger partial charge in [-0.2, -0.15) is 4.31 Å². The zero-order valence-electron chi connectivity index (χ0n) is 17.1. The molecule has 1 aromatic heterocycles. The van der Waals surface area contributed by atoms with Crippen molar-refractivity contribution in [3.8, 4) is 0 Å². The minimum atomic E-state index is -4.09. The molecule has 31 heavy (non-hydrogen) atoms. The fourth-order valence-corrected chi connectivity index (χ4v) is 4.94. The molecule has 1 aliphatic rings. The van der Waals surface area contributed by atoms with Gasteiger partial charge in [-0.15, -0.1) is 0 Å². The van der Waals surface area contributed by atoms with Gasteiger partial charge < -0.3 is 5.32 Å². The van der Waals surface area contributed by atoms with E-state index in [1.807, 2.05) is 0 Å². The number of carbonyl (C=O) groups is 2. The molecule has 0 aliphatic carbocycles. The summed E-state index contributed by atoms with van der Waals surface area (Å²) < 4.78 is 27.5. The first-order chi connectivity index (χ1) is 14.9. The highest BCUT2D eigenvalue weighted by atomic mass is 32.2. The number of hydrogen-bond acceptors (Lipinski definition) is 7. The Balaban J connectivity index is 1.81. The number of fused-ring (bicyclic) bond motifs is 1. The molecule has 11 heteroatoms. The van der Waals surface area contributed by atoms with Crippen molar-refractivity contribution in [1.82, 2.24) is 19.8 Å². The van der Waals surface area contributed by atoms with Gasteiger partial charge in [-0.25, -0.2) is 13.9 Å². The number of nitrogens with one attached hydrogen (secondary N) is 2. The molecule has 1 aromatic carbocycles. The van der Waals surface area contributed by atoms with Crippen molar-refractivity contribution in [3.63, 3.8) is 0 Å². The monoisotopic (exact) mass is 447 g/mol. The lowest BCUT2D eigenvalue weighted by Gasteiger charge is -2.33. The molecule has 0 saturated heterocycles. The third kappa shape index (κ3) is 5.24. The van der Waals surface area contributed by atoms with Crippen LogP contribution in [0.4, 0.5) is 5.69 Å². The molecular formula is C20H25N5O5S. The lowest BCUT2D eigenvalue weighted by molar-refractivity contribution is -0.133. The molecule has 166 valence electrons. The maximum absolute atomic E-state index is 13.3. The lowest BCUT2D eigenvalue weighted by atomic mass is 10.0. The second kappa shape index (κ2) is 9.94. The third-order valence-corrected chi connectivity index (χ3v) is 6.93. The summed E-state index contributed by atoms with van der Waals surface area (Å²) in [5.41, 5.74) is 2.97. The smallest absolute Gasteiger partial charge is 0.262 e. The van der Waals surface area contributed by atoms with Gasteiger partial charge >= 0.3 is 0 Å². The number of anilines is 1. The van der Waals surface area contributed by atoms with Crippen LogP contribution >= 0.6 is 0 Å². The van der Waals surface area contributed by atoms with Gasteiger partial charge in [-0.3, -0.25) is 24.8 Å². The summed E-state index contributed by atoms with van der Waals surface area (Å²) in [6.45, 7) is 1.90. The van der Waals surface area contributed by atoms with E-state index in [1.165, 1.54) is 42.1 Å². The van der Waals surface area contributed by atoms with Crippen LogP contribution in [0.3, 0.4) is 0 Å². The maximum Gasteiger partial charge on any atom is 0.262 e. The molecule has 2 amide bonds. The Morgan fingerprint density at radius 2 is 1.81 bits per heavy atom. The molecule has 10 nitrogen and oxygen atoms in total. The summed E-state index contributed by atoms with van der Waals surface area (Å²) in [6.07, 6.45) is 6.08. The highest BCUT2D eigenvalue weighted by Crippen LogP contribution is 2.28. The Kier molecular flexibility index (Phi) is 7.31. The second-order valence-corrected chi connectivity index (χ2v) is 9.12. The van der Waals surface area contributed by atoms with Crippen LogP contribution in [-0.4, -0.2) is 45.8 Å².